The third kappa shape index (κ3) is 2.95. The third-order valence-electron chi connectivity index (χ3n) is 3.57. The maximum Gasteiger partial charge on any atom is 0.193 e. The van der Waals surface area contributed by atoms with Gasteiger partial charge in [0.15, 0.2) is 5.78 Å². The molecule has 0 radical (unpaired) electrons. The first-order valence-corrected chi connectivity index (χ1v) is 7.01. The second-order valence-electron chi connectivity index (χ2n) is 5.14. The van der Waals surface area contributed by atoms with Gasteiger partial charge in [0.25, 0.3) is 0 Å². The standard InChI is InChI=1S/C19H15BO/c20-18-12-10-17(11-13-18)19(21)16-8-6-15(7-9-16)14-4-2-1-3-5-14/h1-13H,20H2. The van der Waals surface area contributed by atoms with Gasteiger partial charge in [-0.05, 0) is 11.1 Å². The fourth-order valence-electron chi connectivity index (χ4n) is 2.32. The van der Waals surface area contributed by atoms with Gasteiger partial charge in [-0.15, -0.1) is 0 Å². The average Bonchev–Trinajstić information content (AvgIpc) is 2.56. The quantitative estimate of drug-likeness (QED) is 0.528. The van der Waals surface area contributed by atoms with Gasteiger partial charge in [0, 0.05) is 11.1 Å². The van der Waals surface area contributed by atoms with Crippen LogP contribution in [0.3, 0.4) is 0 Å². The number of hydrogen-bond acceptors (Lipinski definition) is 1. The molecular formula is C19H15BO. The number of carbonyl (C=O) groups is 1. The monoisotopic (exact) mass is 270 g/mol. The molecule has 3 rings (SSSR count). The second-order valence-corrected chi connectivity index (χ2v) is 5.14. The van der Waals surface area contributed by atoms with Gasteiger partial charge in [-0.25, -0.2) is 0 Å². The molecule has 0 saturated carbocycles. The summed E-state index contributed by atoms with van der Waals surface area (Å²) >= 11 is 0. The molecule has 0 aliphatic heterocycles. The summed E-state index contributed by atoms with van der Waals surface area (Å²) in [6.45, 7) is 0. The van der Waals surface area contributed by atoms with E-state index in [1.54, 1.807) is 0 Å². The molecule has 0 aliphatic rings. The van der Waals surface area contributed by atoms with Crippen molar-refractivity contribution in [3.63, 3.8) is 0 Å². The molecule has 2 heteroatoms. The minimum absolute atomic E-state index is 0.0645. The van der Waals surface area contributed by atoms with Crippen LogP contribution in [0.5, 0.6) is 0 Å². The van der Waals surface area contributed by atoms with Crippen LogP contribution in [0.25, 0.3) is 11.1 Å². The Bertz CT molecular complexity index is 744. The van der Waals surface area contributed by atoms with Crippen LogP contribution in [0.4, 0.5) is 0 Å². The van der Waals surface area contributed by atoms with E-state index in [1.165, 1.54) is 0 Å². The van der Waals surface area contributed by atoms with Crippen LogP contribution in [0.1, 0.15) is 15.9 Å². The van der Waals surface area contributed by atoms with E-state index >= 15 is 0 Å². The van der Waals surface area contributed by atoms with Crippen LogP contribution in [-0.2, 0) is 0 Å². The molecule has 0 atom stereocenters. The van der Waals surface area contributed by atoms with Crippen LogP contribution in [0, 0.1) is 0 Å². The summed E-state index contributed by atoms with van der Waals surface area (Å²) < 4.78 is 0. The largest absolute Gasteiger partial charge is 0.289 e. The molecule has 0 saturated heterocycles. The highest BCUT2D eigenvalue weighted by Gasteiger charge is 2.08. The molecule has 0 bridgehead atoms. The molecule has 100 valence electrons. The van der Waals surface area contributed by atoms with Crippen molar-refractivity contribution < 1.29 is 4.79 Å². The van der Waals surface area contributed by atoms with Gasteiger partial charge < -0.3 is 0 Å². The van der Waals surface area contributed by atoms with Gasteiger partial charge in [0.1, 0.15) is 7.85 Å². The molecule has 0 heterocycles. The summed E-state index contributed by atoms with van der Waals surface area (Å²) in [5.41, 5.74) is 4.89. The Morgan fingerprint density at radius 1 is 0.619 bits per heavy atom. The van der Waals surface area contributed by atoms with E-state index in [-0.39, 0.29) is 5.78 Å². The lowest BCUT2D eigenvalue weighted by atomic mass is 9.93. The zero-order chi connectivity index (χ0) is 14.7. The van der Waals surface area contributed by atoms with Crippen LogP contribution < -0.4 is 5.46 Å². The highest BCUT2D eigenvalue weighted by Crippen LogP contribution is 2.20. The molecule has 0 fully saturated rings. The van der Waals surface area contributed by atoms with Crippen molar-refractivity contribution in [3.05, 3.63) is 90.0 Å². The fraction of sp³-hybridized carbons (Fsp3) is 0. The van der Waals surface area contributed by atoms with E-state index in [0.717, 1.165) is 27.7 Å². The molecule has 0 aromatic heterocycles. The van der Waals surface area contributed by atoms with E-state index in [4.69, 9.17) is 0 Å². The molecule has 3 aromatic rings. The van der Waals surface area contributed by atoms with E-state index in [9.17, 15) is 4.79 Å². The lowest BCUT2D eigenvalue weighted by Crippen LogP contribution is -2.05. The minimum atomic E-state index is 0.0645. The van der Waals surface area contributed by atoms with E-state index in [0.29, 0.717) is 0 Å². The Hall–Kier alpha value is -2.61. The summed E-state index contributed by atoms with van der Waals surface area (Å²) in [5.74, 6) is 0.0645. The summed E-state index contributed by atoms with van der Waals surface area (Å²) in [6.07, 6.45) is 0. The smallest absolute Gasteiger partial charge is 0.193 e. The van der Waals surface area contributed by atoms with Crippen molar-refractivity contribution in [2.75, 3.05) is 0 Å². The predicted molar refractivity (Wildman–Crippen MR) is 89.9 cm³/mol. The first-order chi connectivity index (χ1) is 10.2. The highest BCUT2D eigenvalue weighted by atomic mass is 16.1. The third-order valence-corrected chi connectivity index (χ3v) is 3.57. The van der Waals surface area contributed by atoms with Crippen molar-refractivity contribution in [2.24, 2.45) is 0 Å². The topological polar surface area (TPSA) is 17.1 Å². The van der Waals surface area contributed by atoms with Gasteiger partial charge in [-0.1, -0.05) is 84.3 Å². The first-order valence-electron chi connectivity index (χ1n) is 7.01. The number of rotatable bonds is 3. The van der Waals surface area contributed by atoms with E-state index in [1.807, 2.05) is 74.6 Å². The highest BCUT2D eigenvalue weighted by molar-refractivity contribution is 6.32. The SMILES string of the molecule is Bc1ccc(C(=O)c2ccc(-c3ccccc3)cc2)cc1. The van der Waals surface area contributed by atoms with Crippen LogP contribution in [0.2, 0.25) is 0 Å². The normalized spacial score (nSPS) is 10.3. The molecule has 21 heavy (non-hydrogen) atoms. The van der Waals surface area contributed by atoms with Gasteiger partial charge in [0.2, 0.25) is 0 Å². The maximum atomic E-state index is 12.4. The second kappa shape index (κ2) is 5.80. The summed E-state index contributed by atoms with van der Waals surface area (Å²) in [6, 6.07) is 25.6. The molecule has 3 aromatic carbocycles. The van der Waals surface area contributed by atoms with Crippen LogP contribution in [0.15, 0.2) is 78.9 Å². The summed E-state index contributed by atoms with van der Waals surface area (Å²) in [5, 5.41) is 0. The molecule has 1 nitrogen and oxygen atoms in total. The van der Waals surface area contributed by atoms with Gasteiger partial charge in [0.05, 0.1) is 0 Å². The van der Waals surface area contributed by atoms with E-state index in [2.05, 4.69) is 12.1 Å². The Morgan fingerprint density at radius 3 is 1.67 bits per heavy atom. The Kier molecular flexibility index (Phi) is 3.70. The summed E-state index contributed by atoms with van der Waals surface area (Å²) in [7, 11) is 2.02. The predicted octanol–water partition coefficient (Wildman–Crippen LogP) is 2.84. The molecule has 0 spiro atoms. The Labute approximate surface area is 125 Å². The molecule has 0 amide bonds. The maximum absolute atomic E-state index is 12.4. The number of hydrogen-bond donors (Lipinski definition) is 0. The van der Waals surface area contributed by atoms with Gasteiger partial charge in [-0.2, -0.15) is 0 Å². The molecule has 0 aliphatic carbocycles. The van der Waals surface area contributed by atoms with Crippen molar-refractivity contribution in [2.45, 2.75) is 0 Å². The average molecular weight is 270 g/mol. The summed E-state index contributed by atoms with van der Waals surface area (Å²) in [4.78, 5) is 12.4. The zero-order valence-electron chi connectivity index (χ0n) is 11.9. The van der Waals surface area contributed by atoms with Crippen LogP contribution in [-0.4, -0.2) is 13.6 Å². The lowest BCUT2D eigenvalue weighted by Gasteiger charge is -2.05. The van der Waals surface area contributed by atoms with Crippen molar-refractivity contribution in [1.29, 1.82) is 0 Å². The van der Waals surface area contributed by atoms with Gasteiger partial charge in [-0.3, -0.25) is 4.79 Å². The van der Waals surface area contributed by atoms with Crippen molar-refractivity contribution >= 4 is 19.1 Å². The number of ketones is 1. The molecule has 0 N–H and O–H groups in total. The molecule has 0 unspecified atom stereocenters. The zero-order valence-corrected chi connectivity index (χ0v) is 11.9. The van der Waals surface area contributed by atoms with E-state index < -0.39 is 0 Å². The van der Waals surface area contributed by atoms with Crippen LogP contribution >= 0.6 is 0 Å². The molecular weight excluding hydrogens is 255 g/mol. The van der Waals surface area contributed by atoms with Crippen molar-refractivity contribution in [1.82, 2.24) is 0 Å². The minimum Gasteiger partial charge on any atom is -0.289 e. The van der Waals surface area contributed by atoms with Crippen molar-refractivity contribution in [3.8, 4) is 11.1 Å². The Morgan fingerprint density at radius 2 is 1.10 bits per heavy atom. The number of carbonyl (C=O) groups excluding carboxylic acids is 1. The van der Waals surface area contributed by atoms with Gasteiger partial charge >= 0.3 is 0 Å². The lowest BCUT2D eigenvalue weighted by molar-refractivity contribution is 0.103. The Balaban J connectivity index is 1.87. The first kappa shape index (κ1) is 13.4. The number of benzene rings is 3. The fourth-order valence-corrected chi connectivity index (χ4v) is 2.32.